The number of hydrogen-bond donors (Lipinski definition) is 2. The van der Waals surface area contributed by atoms with Gasteiger partial charge in [0, 0.05) is 25.5 Å². The number of benzene rings is 2. The zero-order valence-corrected chi connectivity index (χ0v) is 14.5. The predicted octanol–water partition coefficient (Wildman–Crippen LogP) is 5.29. The number of aromatic amines is 1. The molecule has 0 aliphatic rings. The van der Waals surface area contributed by atoms with Gasteiger partial charge in [0.2, 0.25) is 0 Å². The molecule has 0 amide bonds. The van der Waals surface area contributed by atoms with Crippen LogP contribution >= 0.6 is 31.9 Å². The van der Waals surface area contributed by atoms with Gasteiger partial charge in [-0.05, 0) is 48.6 Å². The van der Waals surface area contributed by atoms with Crippen molar-refractivity contribution in [1.82, 2.24) is 4.98 Å². The fourth-order valence-electron chi connectivity index (χ4n) is 2.17. The quantitative estimate of drug-likeness (QED) is 0.446. The third-order valence-corrected chi connectivity index (χ3v) is 4.23. The second-order valence-corrected chi connectivity index (χ2v) is 6.65. The highest BCUT2D eigenvalue weighted by atomic mass is 79.9. The summed E-state index contributed by atoms with van der Waals surface area (Å²) < 4.78 is 1.74. The molecule has 3 nitrogen and oxygen atoms in total. The molecule has 1 aromatic heterocycles. The Morgan fingerprint density at radius 2 is 1.77 bits per heavy atom. The van der Waals surface area contributed by atoms with Crippen molar-refractivity contribution < 1.29 is 9.90 Å². The molecule has 0 spiro atoms. The maximum absolute atomic E-state index is 12.2. The average Bonchev–Trinajstić information content (AvgIpc) is 2.89. The third kappa shape index (κ3) is 3.15. The number of H-pyrrole nitrogens is 1. The summed E-state index contributed by atoms with van der Waals surface area (Å²) in [6, 6.07) is 12.7. The summed E-state index contributed by atoms with van der Waals surface area (Å²) in [6.45, 7) is 0. The van der Waals surface area contributed by atoms with Gasteiger partial charge in [0.15, 0.2) is 5.78 Å². The van der Waals surface area contributed by atoms with Crippen LogP contribution in [0.3, 0.4) is 0 Å². The molecule has 0 radical (unpaired) electrons. The van der Waals surface area contributed by atoms with Gasteiger partial charge in [-0.1, -0.05) is 37.9 Å². The van der Waals surface area contributed by atoms with E-state index in [1.165, 1.54) is 12.1 Å². The van der Waals surface area contributed by atoms with E-state index in [0.717, 1.165) is 25.5 Å². The van der Waals surface area contributed by atoms with Gasteiger partial charge < -0.3 is 10.1 Å². The van der Waals surface area contributed by atoms with Crippen LogP contribution < -0.4 is 0 Å². The highest BCUT2D eigenvalue weighted by molar-refractivity contribution is 9.10. The Balaban J connectivity index is 1.88. The Hall–Kier alpha value is -1.85. The number of carbonyl (C=O) groups excluding carboxylic acids is 1. The lowest BCUT2D eigenvalue weighted by Crippen LogP contribution is -1.94. The number of allylic oxidation sites excluding steroid dienone is 1. The molecule has 0 fully saturated rings. The van der Waals surface area contributed by atoms with Gasteiger partial charge in [0.25, 0.3) is 0 Å². The molecule has 0 aliphatic carbocycles. The average molecular weight is 421 g/mol. The van der Waals surface area contributed by atoms with Crippen molar-refractivity contribution >= 4 is 54.6 Å². The third-order valence-electron chi connectivity index (χ3n) is 3.24. The van der Waals surface area contributed by atoms with Crippen molar-refractivity contribution in [3.63, 3.8) is 0 Å². The predicted molar refractivity (Wildman–Crippen MR) is 95.2 cm³/mol. The van der Waals surface area contributed by atoms with Crippen LogP contribution in [0.25, 0.3) is 17.0 Å². The Kier molecular flexibility index (Phi) is 4.18. The van der Waals surface area contributed by atoms with E-state index in [2.05, 4.69) is 36.8 Å². The number of aromatic hydroxyl groups is 1. The van der Waals surface area contributed by atoms with E-state index in [0.29, 0.717) is 0 Å². The molecule has 0 atom stereocenters. The zero-order chi connectivity index (χ0) is 15.7. The fourth-order valence-corrected chi connectivity index (χ4v) is 2.89. The number of ketones is 1. The number of phenols is 1. The zero-order valence-electron chi connectivity index (χ0n) is 11.3. The SMILES string of the molecule is O=C(/C=C/c1cc2ccc(Br)cc2[nH]1)c1cc(Br)ccc1O. The number of rotatable bonds is 3. The van der Waals surface area contributed by atoms with Gasteiger partial charge in [-0.3, -0.25) is 4.79 Å². The highest BCUT2D eigenvalue weighted by Crippen LogP contribution is 2.24. The molecule has 3 rings (SSSR count). The van der Waals surface area contributed by atoms with Gasteiger partial charge in [0.05, 0.1) is 5.56 Å². The van der Waals surface area contributed by atoms with E-state index >= 15 is 0 Å². The van der Waals surface area contributed by atoms with Crippen LogP contribution in [0.15, 0.2) is 57.5 Å². The molecule has 3 aromatic rings. The van der Waals surface area contributed by atoms with Crippen LogP contribution in [-0.4, -0.2) is 15.9 Å². The van der Waals surface area contributed by atoms with Crippen molar-refractivity contribution in [2.75, 3.05) is 0 Å². The summed E-state index contributed by atoms with van der Waals surface area (Å²) in [5, 5.41) is 10.8. The van der Waals surface area contributed by atoms with Gasteiger partial charge >= 0.3 is 0 Å². The van der Waals surface area contributed by atoms with Crippen molar-refractivity contribution in [3.8, 4) is 5.75 Å². The molecule has 22 heavy (non-hydrogen) atoms. The van der Waals surface area contributed by atoms with E-state index in [9.17, 15) is 9.90 Å². The number of carbonyl (C=O) groups is 1. The maximum atomic E-state index is 12.2. The van der Waals surface area contributed by atoms with E-state index in [-0.39, 0.29) is 17.1 Å². The van der Waals surface area contributed by atoms with E-state index < -0.39 is 0 Å². The molecule has 1 heterocycles. The van der Waals surface area contributed by atoms with E-state index in [1.807, 2.05) is 24.3 Å². The molecule has 2 aromatic carbocycles. The molecular weight excluding hydrogens is 410 g/mol. The smallest absolute Gasteiger partial charge is 0.189 e. The Morgan fingerprint density at radius 3 is 2.59 bits per heavy atom. The van der Waals surface area contributed by atoms with Crippen LogP contribution in [0.4, 0.5) is 0 Å². The molecule has 0 bridgehead atoms. The van der Waals surface area contributed by atoms with Gasteiger partial charge in [-0.2, -0.15) is 0 Å². The van der Waals surface area contributed by atoms with Crippen molar-refractivity contribution in [1.29, 1.82) is 0 Å². The lowest BCUT2D eigenvalue weighted by atomic mass is 10.1. The lowest BCUT2D eigenvalue weighted by Gasteiger charge is -2.00. The number of aromatic nitrogens is 1. The number of halogens is 2. The first kappa shape index (κ1) is 15.1. The van der Waals surface area contributed by atoms with Crippen molar-refractivity contribution in [2.24, 2.45) is 0 Å². The largest absolute Gasteiger partial charge is 0.507 e. The molecule has 2 N–H and O–H groups in total. The minimum Gasteiger partial charge on any atom is -0.507 e. The van der Waals surface area contributed by atoms with Crippen LogP contribution in [-0.2, 0) is 0 Å². The molecule has 0 aliphatic heterocycles. The molecule has 0 unspecified atom stereocenters. The summed E-state index contributed by atoms with van der Waals surface area (Å²) in [4.78, 5) is 15.4. The molecular formula is C17H11Br2NO2. The number of fused-ring (bicyclic) bond motifs is 1. The second-order valence-electron chi connectivity index (χ2n) is 4.82. The minimum absolute atomic E-state index is 0.0292. The van der Waals surface area contributed by atoms with Crippen LogP contribution in [0.2, 0.25) is 0 Å². The summed E-state index contributed by atoms with van der Waals surface area (Å²) in [7, 11) is 0. The number of nitrogens with one attached hydrogen (secondary N) is 1. The second kappa shape index (κ2) is 6.10. The van der Waals surface area contributed by atoms with Crippen LogP contribution in [0.1, 0.15) is 16.1 Å². The Bertz CT molecular complexity index is 897. The van der Waals surface area contributed by atoms with Gasteiger partial charge in [-0.25, -0.2) is 0 Å². The van der Waals surface area contributed by atoms with Crippen molar-refractivity contribution in [2.45, 2.75) is 0 Å². The lowest BCUT2D eigenvalue weighted by molar-refractivity contribution is 0.104. The summed E-state index contributed by atoms with van der Waals surface area (Å²) in [6.07, 6.45) is 3.15. The minimum atomic E-state index is -0.251. The summed E-state index contributed by atoms with van der Waals surface area (Å²) in [5.41, 5.74) is 2.09. The fraction of sp³-hybridized carbons (Fsp3) is 0. The first-order valence-corrected chi connectivity index (χ1v) is 8.11. The summed E-state index contributed by atoms with van der Waals surface area (Å²) >= 11 is 6.72. The molecule has 5 heteroatoms. The standard InChI is InChI=1S/C17H11Br2NO2/c18-11-3-5-16(21)14(8-11)17(22)6-4-13-7-10-1-2-12(19)9-15(10)20-13/h1-9,20-21H/b6-4+. The number of hydrogen-bond acceptors (Lipinski definition) is 2. The number of phenolic OH excluding ortho intramolecular Hbond substituents is 1. The molecule has 110 valence electrons. The van der Waals surface area contributed by atoms with Crippen molar-refractivity contribution in [3.05, 3.63) is 68.7 Å². The Labute approximate surface area is 143 Å². The summed E-state index contributed by atoms with van der Waals surface area (Å²) in [5.74, 6) is -0.280. The maximum Gasteiger partial charge on any atom is 0.189 e. The highest BCUT2D eigenvalue weighted by Gasteiger charge is 2.09. The monoisotopic (exact) mass is 419 g/mol. The van der Waals surface area contributed by atoms with Gasteiger partial charge in [-0.15, -0.1) is 0 Å². The van der Waals surface area contributed by atoms with E-state index in [1.54, 1.807) is 18.2 Å². The van der Waals surface area contributed by atoms with Crippen LogP contribution in [0.5, 0.6) is 5.75 Å². The van der Waals surface area contributed by atoms with Gasteiger partial charge in [0.1, 0.15) is 5.75 Å². The first-order chi connectivity index (χ1) is 10.5. The first-order valence-electron chi connectivity index (χ1n) is 6.52. The molecule has 0 saturated heterocycles. The normalized spacial score (nSPS) is 11.4. The Morgan fingerprint density at radius 1 is 1.05 bits per heavy atom. The molecule has 0 saturated carbocycles. The topological polar surface area (TPSA) is 53.1 Å². The van der Waals surface area contributed by atoms with Crippen LogP contribution in [0, 0.1) is 0 Å². The van der Waals surface area contributed by atoms with E-state index in [4.69, 9.17) is 0 Å².